The third-order valence-electron chi connectivity index (χ3n) is 4.12. The fourth-order valence-corrected chi connectivity index (χ4v) is 4.40. The van der Waals surface area contributed by atoms with E-state index in [1.807, 2.05) is 0 Å². The van der Waals surface area contributed by atoms with Crippen LogP contribution in [0.5, 0.6) is 0 Å². The molecule has 0 spiro atoms. The number of rotatable bonds is 8. The van der Waals surface area contributed by atoms with Crippen LogP contribution in [0.1, 0.15) is 26.7 Å². The van der Waals surface area contributed by atoms with E-state index in [9.17, 15) is 18.0 Å². The molecule has 2 aromatic carbocycles. The van der Waals surface area contributed by atoms with Gasteiger partial charge in [0, 0.05) is 12.1 Å². The quantitative estimate of drug-likeness (QED) is 0.653. The summed E-state index contributed by atoms with van der Waals surface area (Å²) >= 11 is 0. The molecule has 7 nitrogen and oxygen atoms in total. The summed E-state index contributed by atoms with van der Waals surface area (Å²) in [7, 11) is -3.94. The van der Waals surface area contributed by atoms with Gasteiger partial charge in [-0.15, -0.1) is 0 Å². The lowest BCUT2D eigenvalue weighted by Crippen LogP contribution is -2.38. The minimum Gasteiger partial charge on any atom is -0.351 e. The number of benzene rings is 2. The SMILES string of the molecule is Cc1ccccc1C(C(=O)NCC#N)S(=O)(=O)CCNC(=O)c1ccccc1. The molecule has 0 radical (unpaired) electrons. The molecule has 2 aromatic rings. The second-order valence-corrected chi connectivity index (χ2v) is 8.31. The minimum atomic E-state index is -3.94. The van der Waals surface area contributed by atoms with Crippen LogP contribution in [0.15, 0.2) is 54.6 Å². The van der Waals surface area contributed by atoms with Crippen LogP contribution < -0.4 is 10.6 Å². The zero-order valence-electron chi connectivity index (χ0n) is 15.4. The maximum atomic E-state index is 12.9. The fourth-order valence-electron chi connectivity index (χ4n) is 2.71. The van der Waals surface area contributed by atoms with Gasteiger partial charge in [0.2, 0.25) is 5.91 Å². The van der Waals surface area contributed by atoms with Crippen LogP contribution in [0, 0.1) is 18.3 Å². The Hall–Kier alpha value is -3.18. The van der Waals surface area contributed by atoms with Crippen molar-refractivity contribution in [2.45, 2.75) is 12.2 Å². The number of carbonyl (C=O) groups is 2. The first-order chi connectivity index (χ1) is 13.4. The van der Waals surface area contributed by atoms with Gasteiger partial charge in [0.05, 0.1) is 11.8 Å². The molecule has 1 unspecified atom stereocenters. The van der Waals surface area contributed by atoms with E-state index in [2.05, 4.69) is 10.6 Å². The standard InChI is InChI=1S/C20H21N3O4S/c1-15-7-5-6-10-17(15)18(20(25)22-12-11-21)28(26,27)14-13-23-19(24)16-8-3-2-4-9-16/h2-10,18H,12-14H2,1H3,(H,22,25)(H,23,24). The lowest BCUT2D eigenvalue weighted by atomic mass is 10.1. The molecule has 0 aliphatic heterocycles. The summed E-state index contributed by atoms with van der Waals surface area (Å²) in [5, 5.41) is 12.1. The van der Waals surface area contributed by atoms with Crippen molar-refractivity contribution in [3.63, 3.8) is 0 Å². The highest BCUT2D eigenvalue weighted by atomic mass is 32.2. The summed E-state index contributed by atoms with van der Waals surface area (Å²) in [5.41, 5.74) is 1.42. The van der Waals surface area contributed by atoms with Crippen LogP contribution in [0.3, 0.4) is 0 Å². The van der Waals surface area contributed by atoms with E-state index in [1.54, 1.807) is 67.6 Å². The zero-order chi connectivity index (χ0) is 20.6. The van der Waals surface area contributed by atoms with Gasteiger partial charge in [0.15, 0.2) is 15.1 Å². The highest BCUT2D eigenvalue weighted by molar-refractivity contribution is 7.92. The van der Waals surface area contributed by atoms with Gasteiger partial charge in [-0.3, -0.25) is 9.59 Å². The van der Waals surface area contributed by atoms with Gasteiger partial charge in [0.25, 0.3) is 5.91 Å². The van der Waals surface area contributed by atoms with Crippen molar-refractivity contribution in [3.8, 4) is 6.07 Å². The Labute approximate surface area is 164 Å². The number of nitrogens with one attached hydrogen (secondary N) is 2. The molecule has 0 heterocycles. The highest BCUT2D eigenvalue weighted by Crippen LogP contribution is 2.26. The summed E-state index contributed by atoms with van der Waals surface area (Å²) in [4.78, 5) is 24.6. The second-order valence-electron chi connectivity index (χ2n) is 6.10. The summed E-state index contributed by atoms with van der Waals surface area (Å²) in [6, 6.07) is 16.9. The van der Waals surface area contributed by atoms with Crippen LogP contribution in [-0.2, 0) is 14.6 Å². The van der Waals surface area contributed by atoms with Crippen LogP contribution in [0.2, 0.25) is 0 Å². The molecular weight excluding hydrogens is 378 g/mol. The smallest absolute Gasteiger partial charge is 0.251 e. The Bertz CT molecular complexity index is 982. The van der Waals surface area contributed by atoms with Gasteiger partial charge < -0.3 is 10.6 Å². The van der Waals surface area contributed by atoms with Crippen molar-refractivity contribution in [1.29, 1.82) is 5.26 Å². The molecule has 2 N–H and O–H groups in total. The predicted molar refractivity (Wildman–Crippen MR) is 105 cm³/mol. The molecule has 2 rings (SSSR count). The molecule has 0 saturated carbocycles. The number of amides is 2. The van der Waals surface area contributed by atoms with Crippen molar-refractivity contribution >= 4 is 21.7 Å². The monoisotopic (exact) mass is 399 g/mol. The molecular formula is C20H21N3O4S. The molecule has 1 atom stereocenters. The van der Waals surface area contributed by atoms with E-state index in [4.69, 9.17) is 5.26 Å². The Morgan fingerprint density at radius 1 is 1.04 bits per heavy atom. The molecule has 0 aliphatic rings. The van der Waals surface area contributed by atoms with Crippen molar-refractivity contribution in [2.75, 3.05) is 18.8 Å². The van der Waals surface area contributed by atoms with E-state index in [-0.39, 0.29) is 13.1 Å². The number of hydrogen-bond acceptors (Lipinski definition) is 5. The van der Waals surface area contributed by atoms with Gasteiger partial charge in [-0.2, -0.15) is 5.26 Å². The number of carbonyl (C=O) groups excluding carboxylic acids is 2. The minimum absolute atomic E-state index is 0.135. The van der Waals surface area contributed by atoms with Crippen molar-refractivity contribution in [2.24, 2.45) is 0 Å². The fraction of sp³-hybridized carbons (Fsp3) is 0.250. The van der Waals surface area contributed by atoms with Crippen LogP contribution in [0.25, 0.3) is 0 Å². The molecule has 28 heavy (non-hydrogen) atoms. The molecule has 2 amide bonds. The van der Waals surface area contributed by atoms with E-state index in [0.29, 0.717) is 16.7 Å². The van der Waals surface area contributed by atoms with E-state index in [0.717, 1.165) is 0 Å². The van der Waals surface area contributed by atoms with Crippen molar-refractivity contribution < 1.29 is 18.0 Å². The third kappa shape index (κ3) is 5.41. The Morgan fingerprint density at radius 2 is 1.68 bits per heavy atom. The topological polar surface area (TPSA) is 116 Å². The average molecular weight is 399 g/mol. The van der Waals surface area contributed by atoms with Crippen LogP contribution in [-0.4, -0.2) is 39.1 Å². The maximum absolute atomic E-state index is 12.9. The maximum Gasteiger partial charge on any atom is 0.251 e. The number of aryl methyl sites for hydroxylation is 1. The first-order valence-corrected chi connectivity index (χ1v) is 10.3. The lowest BCUT2D eigenvalue weighted by molar-refractivity contribution is -0.120. The molecule has 8 heteroatoms. The molecule has 0 fully saturated rings. The second kappa shape index (κ2) is 9.67. The number of sulfone groups is 1. The predicted octanol–water partition coefficient (Wildman–Crippen LogP) is 1.52. The summed E-state index contributed by atoms with van der Waals surface area (Å²) < 4.78 is 25.8. The molecule has 146 valence electrons. The molecule has 0 aliphatic carbocycles. The van der Waals surface area contributed by atoms with Gasteiger partial charge in [-0.25, -0.2) is 8.42 Å². The Balaban J connectivity index is 2.17. The van der Waals surface area contributed by atoms with Crippen molar-refractivity contribution in [3.05, 3.63) is 71.3 Å². The van der Waals surface area contributed by atoms with E-state index < -0.39 is 32.7 Å². The van der Waals surface area contributed by atoms with Crippen molar-refractivity contribution in [1.82, 2.24) is 10.6 Å². The van der Waals surface area contributed by atoms with E-state index in [1.165, 1.54) is 0 Å². The summed E-state index contributed by atoms with van der Waals surface area (Å²) in [6.45, 7) is 1.29. The number of hydrogen-bond donors (Lipinski definition) is 2. The highest BCUT2D eigenvalue weighted by Gasteiger charge is 2.34. The average Bonchev–Trinajstić information content (AvgIpc) is 2.68. The largest absolute Gasteiger partial charge is 0.351 e. The number of nitrogens with zero attached hydrogens (tertiary/aromatic N) is 1. The van der Waals surface area contributed by atoms with Gasteiger partial charge >= 0.3 is 0 Å². The summed E-state index contributed by atoms with van der Waals surface area (Å²) in [5.74, 6) is -1.56. The van der Waals surface area contributed by atoms with Crippen LogP contribution >= 0.6 is 0 Å². The molecule has 0 saturated heterocycles. The molecule has 0 bridgehead atoms. The zero-order valence-corrected chi connectivity index (χ0v) is 16.2. The summed E-state index contributed by atoms with van der Waals surface area (Å²) in [6.07, 6.45) is 0. The third-order valence-corrected chi connectivity index (χ3v) is 6.08. The Kier molecular flexibility index (Phi) is 7.29. The first-order valence-electron chi connectivity index (χ1n) is 8.62. The molecule has 0 aromatic heterocycles. The van der Waals surface area contributed by atoms with Gasteiger partial charge in [0.1, 0.15) is 6.54 Å². The normalized spacial score (nSPS) is 11.9. The lowest BCUT2D eigenvalue weighted by Gasteiger charge is -2.19. The van der Waals surface area contributed by atoms with E-state index >= 15 is 0 Å². The van der Waals surface area contributed by atoms with Gasteiger partial charge in [-0.1, -0.05) is 42.5 Å². The Morgan fingerprint density at radius 3 is 2.32 bits per heavy atom. The first kappa shape index (κ1) is 21.1. The van der Waals surface area contributed by atoms with Gasteiger partial charge in [-0.05, 0) is 30.2 Å². The number of nitriles is 1. The van der Waals surface area contributed by atoms with Crippen LogP contribution in [0.4, 0.5) is 0 Å².